The van der Waals surface area contributed by atoms with Crippen LogP contribution in [0, 0.1) is 6.92 Å². The van der Waals surface area contributed by atoms with Gasteiger partial charge in [0.15, 0.2) is 5.82 Å². The van der Waals surface area contributed by atoms with Crippen molar-refractivity contribution in [2.24, 2.45) is 0 Å². The number of rotatable bonds is 3. The minimum Gasteiger partial charge on any atom is -0.265 e. The SMILES string of the molecule is Cc1cccc2c(Sc3n[nH]c(-c4ccncc4)n3)ncnc12. The normalized spacial score (nSPS) is 11.0. The Morgan fingerprint density at radius 3 is 2.78 bits per heavy atom. The molecule has 0 bridgehead atoms. The molecule has 0 radical (unpaired) electrons. The van der Waals surface area contributed by atoms with Gasteiger partial charge in [-0.2, -0.15) is 0 Å². The van der Waals surface area contributed by atoms with E-state index in [1.165, 1.54) is 11.8 Å². The third kappa shape index (κ3) is 2.66. The Bertz CT molecular complexity index is 967. The van der Waals surface area contributed by atoms with Crippen LogP contribution in [0.1, 0.15) is 5.56 Å². The third-order valence-electron chi connectivity index (χ3n) is 3.44. The van der Waals surface area contributed by atoms with Crippen LogP contribution in [0.3, 0.4) is 0 Å². The van der Waals surface area contributed by atoms with Gasteiger partial charge in [0.2, 0.25) is 5.16 Å². The lowest BCUT2D eigenvalue weighted by atomic mass is 10.1. The Morgan fingerprint density at radius 2 is 1.91 bits per heavy atom. The lowest BCUT2D eigenvalue weighted by molar-refractivity contribution is 0.967. The minimum atomic E-state index is 0.623. The van der Waals surface area contributed by atoms with Crippen molar-refractivity contribution in [3.63, 3.8) is 0 Å². The molecule has 0 aliphatic carbocycles. The number of fused-ring (bicyclic) bond motifs is 1. The first-order valence-corrected chi connectivity index (χ1v) is 7.84. The Hall–Kier alpha value is -2.80. The molecule has 112 valence electrons. The molecule has 0 spiro atoms. The third-order valence-corrected chi connectivity index (χ3v) is 4.32. The van der Waals surface area contributed by atoms with Crippen molar-refractivity contribution in [3.8, 4) is 11.4 Å². The second-order valence-electron chi connectivity index (χ2n) is 4.95. The van der Waals surface area contributed by atoms with E-state index in [0.717, 1.165) is 27.1 Å². The number of hydrogen-bond donors (Lipinski definition) is 1. The van der Waals surface area contributed by atoms with Gasteiger partial charge >= 0.3 is 0 Å². The number of aromatic amines is 1. The molecule has 23 heavy (non-hydrogen) atoms. The zero-order chi connectivity index (χ0) is 15.6. The highest BCUT2D eigenvalue weighted by Crippen LogP contribution is 2.30. The molecule has 0 saturated carbocycles. The summed E-state index contributed by atoms with van der Waals surface area (Å²) < 4.78 is 0. The maximum absolute atomic E-state index is 4.51. The summed E-state index contributed by atoms with van der Waals surface area (Å²) in [6, 6.07) is 9.83. The molecule has 4 aromatic rings. The van der Waals surface area contributed by atoms with E-state index in [2.05, 4.69) is 30.1 Å². The maximum atomic E-state index is 4.51. The van der Waals surface area contributed by atoms with Crippen molar-refractivity contribution in [1.82, 2.24) is 30.1 Å². The molecule has 0 aliphatic heterocycles. The predicted octanol–water partition coefficient (Wildman–Crippen LogP) is 3.27. The van der Waals surface area contributed by atoms with E-state index < -0.39 is 0 Å². The van der Waals surface area contributed by atoms with E-state index >= 15 is 0 Å². The zero-order valence-corrected chi connectivity index (χ0v) is 13.1. The van der Waals surface area contributed by atoms with Crippen LogP contribution in [0.5, 0.6) is 0 Å². The van der Waals surface area contributed by atoms with E-state index in [-0.39, 0.29) is 0 Å². The summed E-state index contributed by atoms with van der Waals surface area (Å²) in [7, 11) is 0. The summed E-state index contributed by atoms with van der Waals surface area (Å²) in [4.78, 5) is 17.2. The van der Waals surface area contributed by atoms with E-state index in [9.17, 15) is 0 Å². The summed E-state index contributed by atoms with van der Waals surface area (Å²) in [5.74, 6) is 0.712. The lowest BCUT2D eigenvalue weighted by Crippen LogP contribution is -1.89. The summed E-state index contributed by atoms with van der Waals surface area (Å²) in [5, 5.41) is 9.69. The molecule has 0 amide bonds. The van der Waals surface area contributed by atoms with Crippen LogP contribution >= 0.6 is 11.8 Å². The highest BCUT2D eigenvalue weighted by molar-refractivity contribution is 7.99. The Kier molecular flexibility index (Phi) is 3.47. The average molecular weight is 320 g/mol. The van der Waals surface area contributed by atoms with Gasteiger partial charge in [0.25, 0.3) is 0 Å². The first-order valence-electron chi connectivity index (χ1n) is 7.02. The Balaban J connectivity index is 1.70. The number of nitrogens with one attached hydrogen (secondary N) is 1. The summed E-state index contributed by atoms with van der Waals surface area (Å²) >= 11 is 1.42. The monoisotopic (exact) mass is 320 g/mol. The molecular weight excluding hydrogens is 308 g/mol. The van der Waals surface area contributed by atoms with E-state index in [1.54, 1.807) is 18.7 Å². The van der Waals surface area contributed by atoms with Crippen molar-refractivity contribution >= 4 is 22.7 Å². The molecule has 3 heterocycles. The average Bonchev–Trinajstić information content (AvgIpc) is 3.05. The molecule has 4 rings (SSSR count). The van der Waals surface area contributed by atoms with Gasteiger partial charge in [-0.1, -0.05) is 18.2 Å². The summed E-state index contributed by atoms with van der Waals surface area (Å²) in [5.41, 5.74) is 3.02. The Labute approximate surface area is 136 Å². The molecule has 6 nitrogen and oxygen atoms in total. The number of pyridine rings is 1. The number of hydrogen-bond acceptors (Lipinski definition) is 6. The zero-order valence-electron chi connectivity index (χ0n) is 12.3. The number of nitrogens with zero attached hydrogens (tertiary/aromatic N) is 5. The highest BCUT2D eigenvalue weighted by atomic mass is 32.2. The largest absolute Gasteiger partial charge is 0.265 e. The molecule has 1 N–H and O–H groups in total. The molecule has 0 fully saturated rings. The number of H-pyrrole nitrogens is 1. The maximum Gasteiger partial charge on any atom is 0.215 e. The van der Waals surface area contributed by atoms with E-state index in [4.69, 9.17) is 0 Å². The molecule has 3 aromatic heterocycles. The van der Waals surface area contributed by atoms with Crippen LogP contribution in [-0.4, -0.2) is 30.1 Å². The molecule has 0 saturated heterocycles. The van der Waals surface area contributed by atoms with Crippen LogP contribution in [-0.2, 0) is 0 Å². The fraction of sp³-hybridized carbons (Fsp3) is 0.0625. The van der Waals surface area contributed by atoms with Gasteiger partial charge in [0.1, 0.15) is 11.4 Å². The van der Waals surface area contributed by atoms with Gasteiger partial charge < -0.3 is 0 Å². The van der Waals surface area contributed by atoms with Gasteiger partial charge in [-0.15, -0.1) is 5.10 Å². The van der Waals surface area contributed by atoms with Crippen molar-refractivity contribution in [2.45, 2.75) is 17.1 Å². The minimum absolute atomic E-state index is 0.623. The molecule has 0 aliphatic rings. The van der Waals surface area contributed by atoms with Crippen molar-refractivity contribution in [2.75, 3.05) is 0 Å². The fourth-order valence-electron chi connectivity index (χ4n) is 2.31. The van der Waals surface area contributed by atoms with Crippen LogP contribution in [0.25, 0.3) is 22.3 Å². The molecule has 7 heteroatoms. The quantitative estimate of drug-likeness (QED) is 0.584. The number of para-hydroxylation sites is 1. The fourth-order valence-corrected chi connectivity index (χ4v) is 3.09. The summed E-state index contributed by atoms with van der Waals surface area (Å²) in [6.07, 6.45) is 5.03. The second-order valence-corrected chi connectivity index (χ2v) is 5.91. The van der Waals surface area contributed by atoms with Crippen LogP contribution in [0.15, 0.2) is 59.2 Å². The first-order chi connectivity index (χ1) is 11.3. The molecule has 0 unspecified atom stereocenters. The van der Waals surface area contributed by atoms with Gasteiger partial charge in [0.05, 0.1) is 5.52 Å². The van der Waals surface area contributed by atoms with Crippen molar-refractivity contribution in [1.29, 1.82) is 0 Å². The highest BCUT2D eigenvalue weighted by Gasteiger charge is 2.11. The number of aromatic nitrogens is 6. The smallest absolute Gasteiger partial charge is 0.215 e. The topological polar surface area (TPSA) is 80.2 Å². The number of benzene rings is 1. The van der Waals surface area contributed by atoms with E-state index in [1.807, 2.05) is 37.3 Å². The lowest BCUT2D eigenvalue weighted by Gasteiger charge is -2.04. The van der Waals surface area contributed by atoms with Crippen molar-refractivity contribution < 1.29 is 0 Å². The number of aryl methyl sites for hydroxylation is 1. The van der Waals surface area contributed by atoms with Gasteiger partial charge in [-0.05, 0) is 36.4 Å². The van der Waals surface area contributed by atoms with Gasteiger partial charge in [-0.25, -0.2) is 15.0 Å². The second kappa shape index (κ2) is 5.77. The summed E-state index contributed by atoms with van der Waals surface area (Å²) in [6.45, 7) is 2.04. The predicted molar refractivity (Wildman–Crippen MR) is 88.0 cm³/mol. The van der Waals surface area contributed by atoms with Crippen LogP contribution in [0.2, 0.25) is 0 Å². The van der Waals surface area contributed by atoms with E-state index in [0.29, 0.717) is 11.0 Å². The standard InChI is InChI=1S/C16H12N6S/c1-10-3-2-4-12-13(10)18-9-19-15(12)23-16-20-14(21-22-16)11-5-7-17-8-6-11/h2-9H,1H3,(H,20,21,22). The molecule has 1 aromatic carbocycles. The van der Waals surface area contributed by atoms with Gasteiger partial charge in [-0.3, -0.25) is 10.1 Å². The van der Waals surface area contributed by atoms with Crippen molar-refractivity contribution in [3.05, 3.63) is 54.6 Å². The molecule has 0 atom stereocenters. The molecular formula is C16H12N6S. The first kappa shape index (κ1) is 13.8. The van der Waals surface area contributed by atoms with Gasteiger partial charge in [0, 0.05) is 23.3 Å². The van der Waals surface area contributed by atoms with Crippen LogP contribution in [0.4, 0.5) is 0 Å². The Morgan fingerprint density at radius 1 is 1.04 bits per heavy atom. The van der Waals surface area contributed by atoms with Crippen LogP contribution < -0.4 is 0 Å².